The van der Waals surface area contributed by atoms with Crippen LogP contribution in [0.15, 0.2) is 0 Å². The number of hydrogen-bond donors (Lipinski definition) is 0. The summed E-state index contributed by atoms with van der Waals surface area (Å²) in [7, 11) is 0. The number of hydrogen-bond acceptors (Lipinski definition) is 3. The van der Waals surface area contributed by atoms with E-state index in [1.165, 1.54) is 19.3 Å². The van der Waals surface area contributed by atoms with Crippen molar-refractivity contribution in [2.45, 2.75) is 39.5 Å². The van der Waals surface area contributed by atoms with Gasteiger partial charge in [0.2, 0.25) is 0 Å². The molecule has 0 amide bonds. The van der Waals surface area contributed by atoms with Crippen molar-refractivity contribution < 1.29 is 0 Å². The number of aromatic nitrogens is 4. The molecule has 1 fully saturated rings. The number of aryl methyl sites for hydroxylation is 2. The Kier molecular flexibility index (Phi) is 2.54. The van der Waals surface area contributed by atoms with Gasteiger partial charge in [0, 0.05) is 12.1 Å². The maximum Gasteiger partial charge on any atom is 0.198 e. The first-order valence-electron chi connectivity index (χ1n) is 6.03. The molecule has 0 saturated heterocycles. The van der Waals surface area contributed by atoms with Crippen LogP contribution in [0.1, 0.15) is 36.5 Å². The molecule has 4 nitrogen and oxygen atoms in total. The zero-order valence-corrected chi connectivity index (χ0v) is 10.8. The Hall–Kier alpha value is -1.16. The minimum atomic E-state index is 0.445. The van der Waals surface area contributed by atoms with Crippen molar-refractivity contribution in [3.05, 3.63) is 22.4 Å². The first-order chi connectivity index (χ1) is 8.16. The molecule has 2 aromatic rings. The van der Waals surface area contributed by atoms with Gasteiger partial charge in [0.15, 0.2) is 10.8 Å². The zero-order valence-electron chi connectivity index (χ0n) is 10.1. The Morgan fingerprint density at radius 2 is 2.06 bits per heavy atom. The van der Waals surface area contributed by atoms with Crippen molar-refractivity contribution in [2.24, 2.45) is 5.92 Å². The highest BCUT2D eigenvalue weighted by atomic mass is 35.5. The fourth-order valence-electron chi connectivity index (χ4n) is 2.33. The van der Waals surface area contributed by atoms with Gasteiger partial charge in [0.25, 0.3) is 0 Å². The third kappa shape index (κ3) is 1.71. The highest BCUT2D eigenvalue weighted by molar-refractivity contribution is 6.32. The van der Waals surface area contributed by atoms with Crippen molar-refractivity contribution in [3.8, 4) is 0 Å². The molecule has 0 spiro atoms. The van der Waals surface area contributed by atoms with Gasteiger partial charge >= 0.3 is 0 Å². The van der Waals surface area contributed by atoms with Crippen molar-refractivity contribution in [3.63, 3.8) is 0 Å². The van der Waals surface area contributed by atoms with E-state index >= 15 is 0 Å². The second kappa shape index (κ2) is 3.95. The van der Waals surface area contributed by atoms with Gasteiger partial charge in [-0.05, 0) is 19.8 Å². The maximum atomic E-state index is 6.10. The minimum Gasteiger partial charge on any atom is -0.279 e. The summed E-state index contributed by atoms with van der Waals surface area (Å²) >= 11 is 6.10. The standard InChI is InChI=1S/C12H15ClN4/c1-7-8(2)17-10(6-9-4-3-5-9)15-16-12(17)11(13)14-7/h9H,3-6H2,1-2H3. The largest absolute Gasteiger partial charge is 0.279 e. The van der Waals surface area contributed by atoms with Crippen LogP contribution in [0, 0.1) is 19.8 Å². The molecule has 0 radical (unpaired) electrons. The molecule has 0 atom stereocenters. The minimum absolute atomic E-state index is 0.445. The van der Waals surface area contributed by atoms with Crippen LogP contribution < -0.4 is 0 Å². The van der Waals surface area contributed by atoms with E-state index in [4.69, 9.17) is 11.6 Å². The van der Waals surface area contributed by atoms with Crippen LogP contribution in [0.5, 0.6) is 0 Å². The van der Waals surface area contributed by atoms with Crippen LogP contribution in [0.25, 0.3) is 5.65 Å². The predicted molar refractivity (Wildman–Crippen MR) is 66.3 cm³/mol. The number of nitrogens with zero attached hydrogens (tertiary/aromatic N) is 4. The quantitative estimate of drug-likeness (QED) is 0.823. The summed E-state index contributed by atoms with van der Waals surface area (Å²) in [4.78, 5) is 4.27. The van der Waals surface area contributed by atoms with Crippen LogP contribution in [-0.2, 0) is 6.42 Å². The topological polar surface area (TPSA) is 43.1 Å². The first kappa shape index (κ1) is 11.0. The average Bonchev–Trinajstić information content (AvgIpc) is 2.64. The van der Waals surface area contributed by atoms with Gasteiger partial charge in [-0.2, -0.15) is 0 Å². The monoisotopic (exact) mass is 250 g/mol. The lowest BCUT2D eigenvalue weighted by molar-refractivity contribution is 0.308. The molecule has 17 heavy (non-hydrogen) atoms. The summed E-state index contributed by atoms with van der Waals surface area (Å²) in [6.07, 6.45) is 4.97. The van der Waals surface area contributed by atoms with Gasteiger partial charge in [-0.25, -0.2) is 4.98 Å². The van der Waals surface area contributed by atoms with Gasteiger partial charge in [0.1, 0.15) is 5.82 Å². The Balaban J connectivity index is 2.12. The molecule has 3 rings (SSSR count). The molecule has 0 aliphatic heterocycles. The molecule has 5 heteroatoms. The van der Waals surface area contributed by atoms with E-state index in [0.29, 0.717) is 10.8 Å². The molecular weight excluding hydrogens is 236 g/mol. The highest BCUT2D eigenvalue weighted by Crippen LogP contribution is 2.30. The van der Waals surface area contributed by atoms with E-state index in [1.807, 2.05) is 13.8 Å². The Morgan fingerprint density at radius 3 is 2.71 bits per heavy atom. The molecule has 2 aromatic heterocycles. The van der Waals surface area contributed by atoms with E-state index in [9.17, 15) is 0 Å². The van der Waals surface area contributed by atoms with Crippen LogP contribution in [0.3, 0.4) is 0 Å². The molecular formula is C12H15ClN4. The number of fused-ring (bicyclic) bond motifs is 1. The third-order valence-corrected chi connectivity index (χ3v) is 3.99. The van der Waals surface area contributed by atoms with Crippen molar-refractivity contribution in [2.75, 3.05) is 0 Å². The van der Waals surface area contributed by atoms with Crippen LogP contribution >= 0.6 is 11.6 Å². The second-order valence-corrected chi connectivity index (χ2v) is 5.21. The lowest BCUT2D eigenvalue weighted by Gasteiger charge is -2.24. The van der Waals surface area contributed by atoms with E-state index in [0.717, 1.165) is 29.6 Å². The molecule has 0 N–H and O–H groups in total. The van der Waals surface area contributed by atoms with Crippen molar-refractivity contribution in [1.82, 2.24) is 19.6 Å². The molecule has 1 saturated carbocycles. The summed E-state index contributed by atoms with van der Waals surface area (Å²) < 4.78 is 2.06. The second-order valence-electron chi connectivity index (χ2n) is 4.85. The lowest BCUT2D eigenvalue weighted by atomic mass is 9.83. The molecule has 0 unspecified atom stereocenters. The smallest absolute Gasteiger partial charge is 0.198 e. The molecule has 1 aliphatic rings. The Bertz CT molecular complexity index is 571. The van der Waals surface area contributed by atoms with Gasteiger partial charge < -0.3 is 0 Å². The van der Waals surface area contributed by atoms with Crippen LogP contribution in [-0.4, -0.2) is 19.6 Å². The van der Waals surface area contributed by atoms with E-state index in [-0.39, 0.29) is 0 Å². The van der Waals surface area contributed by atoms with Gasteiger partial charge in [-0.3, -0.25) is 4.40 Å². The highest BCUT2D eigenvalue weighted by Gasteiger charge is 2.22. The van der Waals surface area contributed by atoms with Gasteiger partial charge in [0.05, 0.1) is 5.69 Å². The molecule has 90 valence electrons. The molecule has 2 heterocycles. The zero-order chi connectivity index (χ0) is 12.0. The third-order valence-electron chi connectivity index (χ3n) is 3.74. The van der Waals surface area contributed by atoms with Crippen LogP contribution in [0.2, 0.25) is 5.15 Å². The summed E-state index contributed by atoms with van der Waals surface area (Å²) in [6, 6.07) is 0. The van der Waals surface area contributed by atoms with Gasteiger partial charge in [-0.1, -0.05) is 30.9 Å². The summed E-state index contributed by atoms with van der Waals surface area (Å²) in [5.74, 6) is 1.80. The van der Waals surface area contributed by atoms with Crippen molar-refractivity contribution >= 4 is 17.2 Å². The fraction of sp³-hybridized carbons (Fsp3) is 0.583. The Morgan fingerprint density at radius 1 is 1.29 bits per heavy atom. The number of rotatable bonds is 2. The summed E-state index contributed by atoms with van der Waals surface area (Å²) in [6.45, 7) is 4.01. The van der Waals surface area contributed by atoms with Crippen LogP contribution in [0.4, 0.5) is 0 Å². The lowest BCUT2D eigenvalue weighted by Crippen LogP contribution is -2.16. The van der Waals surface area contributed by atoms with E-state index in [2.05, 4.69) is 19.6 Å². The van der Waals surface area contributed by atoms with Crippen molar-refractivity contribution in [1.29, 1.82) is 0 Å². The molecule has 1 aliphatic carbocycles. The predicted octanol–water partition coefficient (Wildman–Crippen LogP) is 2.74. The van der Waals surface area contributed by atoms with E-state index in [1.54, 1.807) is 0 Å². The molecule has 0 bridgehead atoms. The van der Waals surface area contributed by atoms with E-state index < -0.39 is 0 Å². The summed E-state index contributed by atoms with van der Waals surface area (Å²) in [5.41, 5.74) is 2.71. The van der Waals surface area contributed by atoms with Gasteiger partial charge in [-0.15, -0.1) is 10.2 Å². The first-order valence-corrected chi connectivity index (χ1v) is 6.41. The maximum absolute atomic E-state index is 6.10. The normalized spacial score (nSPS) is 16.4. The fourth-order valence-corrected chi connectivity index (χ4v) is 2.58. The summed E-state index contributed by atoms with van der Waals surface area (Å²) in [5, 5.41) is 8.86. The molecule has 0 aromatic carbocycles. The number of halogens is 1. The average molecular weight is 251 g/mol. The Labute approximate surface area is 105 Å². The SMILES string of the molecule is Cc1nc(Cl)c2nnc(CC3CCC3)n2c1C.